The van der Waals surface area contributed by atoms with Gasteiger partial charge in [-0.2, -0.15) is 0 Å². The van der Waals surface area contributed by atoms with Gasteiger partial charge in [-0.1, -0.05) is 6.08 Å². The maximum absolute atomic E-state index is 13.2. The number of aromatic amines is 1. The fourth-order valence-corrected chi connectivity index (χ4v) is 6.20. The van der Waals surface area contributed by atoms with Crippen LogP contribution in [0.15, 0.2) is 54.2 Å². The molecule has 11 heteroatoms. The van der Waals surface area contributed by atoms with Gasteiger partial charge in [0.05, 0.1) is 16.4 Å². The lowest BCUT2D eigenvalue weighted by Gasteiger charge is -2.38. The fraction of sp³-hybridized carbons (Fsp3) is 0.296. The largest absolute Gasteiger partial charge is 0.496 e. The molecular weight excluding hydrogens is 613 g/mol. The number of halogens is 1. The molecule has 0 aliphatic carbocycles. The number of H-pyrrole nitrogens is 1. The number of nitrogens with one attached hydrogen (secondary N) is 2. The molecule has 1 fully saturated rings. The molecule has 0 unspecified atom stereocenters. The number of pyridine rings is 1. The van der Waals surface area contributed by atoms with Crippen molar-refractivity contribution in [3.05, 3.63) is 63.4 Å². The summed E-state index contributed by atoms with van der Waals surface area (Å²) in [4.78, 5) is 31.8. The van der Waals surface area contributed by atoms with Crippen LogP contribution in [0.4, 0.5) is 21.3 Å². The van der Waals surface area contributed by atoms with Crippen LogP contribution in [0.1, 0.15) is 12.1 Å². The lowest BCUT2D eigenvalue weighted by molar-refractivity contribution is 0.154. The van der Waals surface area contributed by atoms with Crippen molar-refractivity contribution in [1.29, 1.82) is 0 Å². The van der Waals surface area contributed by atoms with Crippen molar-refractivity contribution in [2.24, 2.45) is 0 Å². The van der Waals surface area contributed by atoms with E-state index < -0.39 is 0 Å². The van der Waals surface area contributed by atoms with Crippen molar-refractivity contribution in [3.63, 3.8) is 0 Å². The lowest BCUT2D eigenvalue weighted by atomic mass is 10.0. The zero-order chi connectivity index (χ0) is 26.1. The Morgan fingerprint density at radius 2 is 1.95 bits per heavy atom. The van der Waals surface area contributed by atoms with Crippen LogP contribution in [0, 0.1) is 3.57 Å². The first-order chi connectivity index (χ1) is 18.6. The van der Waals surface area contributed by atoms with E-state index in [1.54, 1.807) is 24.6 Å². The summed E-state index contributed by atoms with van der Waals surface area (Å²) in [5.74, 6) is 0.837. The highest BCUT2D eigenvalue weighted by Crippen LogP contribution is 2.32. The molecule has 196 valence electrons. The second kappa shape index (κ2) is 10.8. The second-order valence-corrected chi connectivity index (χ2v) is 11.3. The van der Waals surface area contributed by atoms with E-state index in [-0.39, 0.29) is 6.03 Å². The van der Waals surface area contributed by atoms with Gasteiger partial charge < -0.3 is 29.7 Å². The van der Waals surface area contributed by atoms with Gasteiger partial charge in [0.1, 0.15) is 11.4 Å². The van der Waals surface area contributed by atoms with E-state index in [9.17, 15) is 4.79 Å². The van der Waals surface area contributed by atoms with Crippen LogP contribution in [-0.2, 0) is 0 Å². The number of anilines is 3. The van der Waals surface area contributed by atoms with E-state index in [1.165, 1.54) is 5.57 Å². The molecule has 0 radical (unpaired) electrons. The van der Waals surface area contributed by atoms with Crippen LogP contribution in [0.3, 0.4) is 0 Å². The van der Waals surface area contributed by atoms with E-state index in [4.69, 9.17) is 4.74 Å². The maximum atomic E-state index is 13.2. The maximum Gasteiger partial charge on any atom is 0.320 e. The van der Waals surface area contributed by atoms with Crippen LogP contribution in [0.2, 0.25) is 0 Å². The summed E-state index contributed by atoms with van der Waals surface area (Å²) in [6.45, 7) is 4.40. The van der Waals surface area contributed by atoms with Gasteiger partial charge in [0.2, 0.25) is 0 Å². The number of ether oxygens (including phenoxy) is 1. The highest BCUT2D eigenvalue weighted by Gasteiger charge is 2.27. The molecule has 0 atom stereocenters. The molecular formula is C27H28IN7O2S. The molecule has 0 saturated carbocycles. The number of aromatic nitrogens is 3. The van der Waals surface area contributed by atoms with Gasteiger partial charge in [0.25, 0.3) is 0 Å². The molecule has 4 aromatic rings. The van der Waals surface area contributed by atoms with Gasteiger partial charge in [0.15, 0.2) is 5.13 Å². The minimum absolute atomic E-state index is 0.122. The van der Waals surface area contributed by atoms with Crippen LogP contribution < -0.4 is 15.0 Å². The summed E-state index contributed by atoms with van der Waals surface area (Å²) in [7, 11) is 1.68. The molecule has 5 heterocycles. The quantitative estimate of drug-likeness (QED) is 0.284. The number of hydrogen-bond acceptors (Lipinski definition) is 7. The van der Waals surface area contributed by atoms with Crippen molar-refractivity contribution in [1.82, 2.24) is 24.8 Å². The highest BCUT2D eigenvalue weighted by molar-refractivity contribution is 14.1. The molecule has 3 aromatic heterocycles. The molecule has 6 rings (SSSR count). The molecule has 0 bridgehead atoms. The fourth-order valence-electron chi connectivity index (χ4n) is 4.95. The number of thiazole rings is 1. The van der Waals surface area contributed by atoms with Gasteiger partial charge in [-0.15, -0.1) is 11.3 Å². The molecule has 1 aromatic carbocycles. The Kier molecular flexibility index (Phi) is 7.11. The van der Waals surface area contributed by atoms with E-state index in [1.807, 2.05) is 45.6 Å². The Labute approximate surface area is 238 Å². The van der Waals surface area contributed by atoms with E-state index >= 15 is 0 Å². The minimum atomic E-state index is 0.122. The lowest BCUT2D eigenvalue weighted by Crippen LogP contribution is -2.53. The number of carbonyl (C=O) groups excluding carboxylic acids is 1. The van der Waals surface area contributed by atoms with Gasteiger partial charge in [-0.3, -0.25) is 0 Å². The number of piperazine rings is 1. The average molecular weight is 642 g/mol. The number of rotatable bonds is 5. The number of urea groups is 1. The first-order valence-corrected chi connectivity index (χ1v) is 14.5. The summed E-state index contributed by atoms with van der Waals surface area (Å²) >= 11 is 3.91. The van der Waals surface area contributed by atoms with E-state index in [0.717, 1.165) is 75.2 Å². The zero-order valence-corrected chi connectivity index (χ0v) is 24.0. The van der Waals surface area contributed by atoms with Crippen molar-refractivity contribution < 1.29 is 9.53 Å². The first-order valence-electron chi connectivity index (χ1n) is 12.5. The summed E-state index contributed by atoms with van der Waals surface area (Å²) in [6, 6.07) is 10.3. The topological polar surface area (TPSA) is 89.6 Å². The molecule has 2 aliphatic heterocycles. The smallest absolute Gasteiger partial charge is 0.320 e. The summed E-state index contributed by atoms with van der Waals surface area (Å²) < 4.78 is 6.53. The third kappa shape index (κ3) is 5.04. The summed E-state index contributed by atoms with van der Waals surface area (Å²) in [6.07, 6.45) is 6.60. The van der Waals surface area contributed by atoms with Gasteiger partial charge in [0, 0.05) is 79.9 Å². The molecule has 2 N–H and O–H groups in total. The Balaban J connectivity index is 1.12. The summed E-state index contributed by atoms with van der Waals surface area (Å²) in [5, 5.41) is 7.56. The Morgan fingerprint density at radius 3 is 2.68 bits per heavy atom. The van der Waals surface area contributed by atoms with Crippen LogP contribution in [0.5, 0.6) is 5.75 Å². The third-order valence-corrected chi connectivity index (χ3v) is 8.75. The van der Waals surface area contributed by atoms with Crippen molar-refractivity contribution in [3.8, 4) is 5.75 Å². The standard InChI is InChI=1S/C27H28IN7O2S/c1-37-24-16-19(2-3-21(24)28)31-22-4-7-29-25-20(22)17-23(32-25)18-5-9-34(10-6-18)27(36)35-13-11-33(12-14-35)26-30-8-15-38-26/h2-5,7-8,15-17H,6,9-14H2,1H3,(H2,29,31,32). The predicted octanol–water partition coefficient (Wildman–Crippen LogP) is 5.41. The van der Waals surface area contributed by atoms with Crippen LogP contribution >= 0.6 is 33.9 Å². The van der Waals surface area contributed by atoms with Gasteiger partial charge >= 0.3 is 6.03 Å². The van der Waals surface area contributed by atoms with E-state index in [2.05, 4.69) is 59.9 Å². The van der Waals surface area contributed by atoms with Crippen LogP contribution in [0.25, 0.3) is 16.6 Å². The monoisotopic (exact) mass is 641 g/mol. The van der Waals surface area contributed by atoms with Gasteiger partial charge in [-0.05, 0) is 58.9 Å². The molecule has 38 heavy (non-hydrogen) atoms. The zero-order valence-electron chi connectivity index (χ0n) is 21.0. The third-order valence-electron chi connectivity index (χ3n) is 7.03. The average Bonchev–Trinajstić information content (AvgIpc) is 3.65. The SMILES string of the molecule is COc1cc(Nc2ccnc3[nH]c(C4=CCN(C(=O)N5CCN(c6nccs6)CC5)CC4)cc23)ccc1I. The number of benzene rings is 1. The van der Waals surface area contributed by atoms with E-state index in [0.29, 0.717) is 13.1 Å². The Morgan fingerprint density at radius 1 is 1.08 bits per heavy atom. The van der Waals surface area contributed by atoms with Crippen molar-refractivity contribution in [2.45, 2.75) is 6.42 Å². The highest BCUT2D eigenvalue weighted by atomic mass is 127. The molecule has 2 amide bonds. The molecule has 2 aliphatic rings. The second-order valence-electron chi connectivity index (χ2n) is 9.27. The van der Waals surface area contributed by atoms with Crippen LogP contribution in [-0.4, -0.2) is 77.2 Å². The van der Waals surface area contributed by atoms with Crippen molar-refractivity contribution >= 4 is 73.1 Å². The number of methoxy groups -OCH3 is 1. The number of hydrogen-bond donors (Lipinski definition) is 2. The predicted molar refractivity (Wildman–Crippen MR) is 161 cm³/mol. The normalized spacial score (nSPS) is 16.1. The number of carbonyl (C=O) groups is 1. The molecule has 9 nitrogen and oxygen atoms in total. The Hall–Kier alpha value is -3.32. The number of nitrogens with zero attached hydrogens (tertiary/aromatic N) is 5. The number of fused-ring (bicyclic) bond motifs is 1. The molecule has 0 spiro atoms. The first kappa shape index (κ1) is 25.0. The number of amides is 2. The van der Waals surface area contributed by atoms with Crippen molar-refractivity contribution in [2.75, 3.05) is 56.6 Å². The molecule has 1 saturated heterocycles. The van der Waals surface area contributed by atoms with Gasteiger partial charge in [-0.25, -0.2) is 14.8 Å². The minimum Gasteiger partial charge on any atom is -0.496 e. The summed E-state index contributed by atoms with van der Waals surface area (Å²) in [5.41, 5.74) is 5.02. The Bertz CT molecular complexity index is 1480.